The average molecular weight is 392 g/mol. The van der Waals surface area contributed by atoms with Crippen LogP contribution in [0.1, 0.15) is 18.5 Å². The highest BCUT2D eigenvalue weighted by molar-refractivity contribution is 5.84. The smallest absolute Gasteiger partial charge is 0.329 e. The largest absolute Gasteiger partial charge is 0.338 e. The van der Waals surface area contributed by atoms with Crippen LogP contribution in [0.25, 0.3) is 10.9 Å². The van der Waals surface area contributed by atoms with Crippen molar-refractivity contribution in [3.8, 4) is 0 Å². The lowest BCUT2D eigenvalue weighted by molar-refractivity contribution is -0.135. The van der Waals surface area contributed by atoms with Gasteiger partial charge in [-0.1, -0.05) is 49.4 Å². The molecule has 150 valence electrons. The van der Waals surface area contributed by atoms with Crippen LogP contribution in [0.5, 0.6) is 0 Å². The third-order valence-electron chi connectivity index (χ3n) is 5.58. The Bertz CT molecular complexity index is 1130. The van der Waals surface area contributed by atoms with Gasteiger partial charge < -0.3 is 14.8 Å². The molecule has 1 unspecified atom stereocenters. The molecule has 1 aromatic heterocycles. The summed E-state index contributed by atoms with van der Waals surface area (Å²) in [6.07, 6.45) is 0. The van der Waals surface area contributed by atoms with Crippen LogP contribution in [0, 0.1) is 0 Å². The number of rotatable bonds is 4. The van der Waals surface area contributed by atoms with Crippen LogP contribution in [-0.4, -0.2) is 58.0 Å². The first-order chi connectivity index (χ1) is 14.1. The number of carbonyl (C=O) groups excluding carboxylic acids is 1. The van der Waals surface area contributed by atoms with Crippen molar-refractivity contribution in [3.63, 3.8) is 0 Å². The van der Waals surface area contributed by atoms with Crippen molar-refractivity contribution in [1.82, 2.24) is 19.4 Å². The fourth-order valence-electron chi connectivity index (χ4n) is 3.91. The van der Waals surface area contributed by atoms with Crippen molar-refractivity contribution in [2.75, 3.05) is 32.7 Å². The summed E-state index contributed by atoms with van der Waals surface area (Å²) < 4.78 is 1.06. The van der Waals surface area contributed by atoms with Crippen LogP contribution in [-0.2, 0) is 4.79 Å². The SMILES string of the molecule is CCN1CCN(C(=O)C(c2ccccc2)n2c(=O)[nH]c3ccccc3c2=O)CC1. The van der Waals surface area contributed by atoms with Crippen molar-refractivity contribution in [2.45, 2.75) is 13.0 Å². The summed E-state index contributed by atoms with van der Waals surface area (Å²) in [6, 6.07) is 14.9. The van der Waals surface area contributed by atoms with Gasteiger partial charge in [0.15, 0.2) is 0 Å². The molecule has 1 aliphatic rings. The van der Waals surface area contributed by atoms with Gasteiger partial charge in [-0.25, -0.2) is 9.36 Å². The molecule has 4 rings (SSSR count). The molecule has 1 aliphatic heterocycles. The van der Waals surface area contributed by atoms with E-state index < -0.39 is 17.3 Å². The highest BCUT2D eigenvalue weighted by atomic mass is 16.2. The number of para-hydroxylation sites is 1. The molecule has 0 radical (unpaired) electrons. The van der Waals surface area contributed by atoms with Crippen molar-refractivity contribution in [1.29, 1.82) is 0 Å². The molecule has 7 nitrogen and oxygen atoms in total. The number of amides is 1. The predicted molar refractivity (Wildman–Crippen MR) is 112 cm³/mol. The Morgan fingerprint density at radius 2 is 1.62 bits per heavy atom. The number of aromatic amines is 1. The number of nitrogens with zero attached hydrogens (tertiary/aromatic N) is 3. The zero-order valence-electron chi connectivity index (χ0n) is 16.4. The number of benzene rings is 2. The lowest BCUT2D eigenvalue weighted by atomic mass is 10.0. The molecule has 0 saturated carbocycles. The zero-order chi connectivity index (χ0) is 20.4. The van der Waals surface area contributed by atoms with E-state index in [4.69, 9.17) is 0 Å². The Kier molecular flexibility index (Phi) is 5.31. The maximum atomic E-state index is 13.5. The van der Waals surface area contributed by atoms with Gasteiger partial charge in [0.1, 0.15) is 6.04 Å². The first kappa shape index (κ1) is 19.1. The normalized spacial score (nSPS) is 16.1. The maximum absolute atomic E-state index is 13.5. The number of carbonyl (C=O) groups is 1. The van der Waals surface area contributed by atoms with E-state index >= 15 is 0 Å². The molecule has 0 aliphatic carbocycles. The van der Waals surface area contributed by atoms with E-state index in [1.54, 1.807) is 41.3 Å². The van der Waals surface area contributed by atoms with Gasteiger partial charge in [0, 0.05) is 26.2 Å². The molecule has 0 spiro atoms. The fraction of sp³-hybridized carbons (Fsp3) is 0.318. The molecule has 1 saturated heterocycles. The van der Waals surface area contributed by atoms with Gasteiger partial charge in [0.2, 0.25) is 0 Å². The molecule has 2 heterocycles. The molecular weight excluding hydrogens is 368 g/mol. The minimum Gasteiger partial charge on any atom is -0.338 e. The van der Waals surface area contributed by atoms with Crippen molar-refractivity contribution >= 4 is 16.8 Å². The van der Waals surface area contributed by atoms with Crippen LogP contribution in [0.2, 0.25) is 0 Å². The molecule has 1 fully saturated rings. The summed E-state index contributed by atoms with van der Waals surface area (Å²) in [7, 11) is 0. The molecule has 7 heteroatoms. The molecule has 1 N–H and O–H groups in total. The second-order valence-corrected chi connectivity index (χ2v) is 7.22. The van der Waals surface area contributed by atoms with Crippen LogP contribution in [0.3, 0.4) is 0 Å². The third-order valence-corrected chi connectivity index (χ3v) is 5.58. The van der Waals surface area contributed by atoms with Gasteiger partial charge in [-0.15, -0.1) is 0 Å². The van der Waals surface area contributed by atoms with E-state index in [1.165, 1.54) is 0 Å². The number of hydrogen-bond acceptors (Lipinski definition) is 4. The van der Waals surface area contributed by atoms with E-state index in [9.17, 15) is 14.4 Å². The van der Waals surface area contributed by atoms with E-state index in [1.807, 2.05) is 18.2 Å². The zero-order valence-corrected chi connectivity index (χ0v) is 16.4. The molecule has 2 aromatic carbocycles. The van der Waals surface area contributed by atoms with Crippen LogP contribution in [0.15, 0.2) is 64.2 Å². The number of likely N-dealkylation sites (N-methyl/N-ethyl adjacent to an activating group) is 1. The standard InChI is InChI=1S/C22H24N4O3/c1-2-24-12-14-25(15-13-24)21(28)19(16-8-4-3-5-9-16)26-20(27)17-10-6-7-11-18(17)23-22(26)29/h3-11,19H,2,12-15H2,1H3,(H,23,29). The molecular formula is C22H24N4O3. The minimum atomic E-state index is -0.995. The number of nitrogens with one attached hydrogen (secondary N) is 1. The summed E-state index contributed by atoms with van der Waals surface area (Å²) in [5, 5.41) is 0.386. The topological polar surface area (TPSA) is 78.4 Å². The minimum absolute atomic E-state index is 0.227. The first-order valence-corrected chi connectivity index (χ1v) is 9.90. The fourth-order valence-corrected chi connectivity index (χ4v) is 3.91. The summed E-state index contributed by atoms with van der Waals surface area (Å²) >= 11 is 0. The number of fused-ring (bicyclic) bond motifs is 1. The number of hydrogen-bond donors (Lipinski definition) is 1. The van der Waals surface area contributed by atoms with Gasteiger partial charge in [0.25, 0.3) is 11.5 Å². The van der Waals surface area contributed by atoms with Gasteiger partial charge >= 0.3 is 5.69 Å². The Morgan fingerprint density at radius 3 is 2.31 bits per heavy atom. The van der Waals surface area contributed by atoms with E-state index in [-0.39, 0.29) is 5.91 Å². The van der Waals surface area contributed by atoms with E-state index in [0.717, 1.165) is 24.2 Å². The molecule has 3 aromatic rings. The van der Waals surface area contributed by atoms with Crippen molar-refractivity contribution < 1.29 is 4.79 Å². The molecule has 0 bridgehead atoms. The monoisotopic (exact) mass is 392 g/mol. The summed E-state index contributed by atoms with van der Waals surface area (Å²) in [5.41, 5.74) is 0.0507. The quantitative estimate of drug-likeness (QED) is 0.729. The second kappa shape index (κ2) is 8.05. The van der Waals surface area contributed by atoms with Crippen LogP contribution >= 0.6 is 0 Å². The highest BCUT2D eigenvalue weighted by Gasteiger charge is 2.32. The lowest BCUT2D eigenvalue weighted by Gasteiger charge is -2.36. The molecule has 29 heavy (non-hydrogen) atoms. The van der Waals surface area contributed by atoms with E-state index in [0.29, 0.717) is 29.6 Å². The van der Waals surface area contributed by atoms with Crippen LogP contribution < -0.4 is 11.2 Å². The van der Waals surface area contributed by atoms with Crippen molar-refractivity contribution in [3.05, 3.63) is 81.0 Å². The highest BCUT2D eigenvalue weighted by Crippen LogP contribution is 2.20. The molecule has 1 atom stereocenters. The summed E-state index contributed by atoms with van der Waals surface area (Å²) in [6.45, 7) is 5.76. The van der Waals surface area contributed by atoms with E-state index in [2.05, 4.69) is 16.8 Å². The summed E-state index contributed by atoms with van der Waals surface area (Å²) in [5.74, 6) is -0.227. The third kappa shape index (κ3) is 3.61. The van der Waals surface area contributed by atoms with Crippen LogP contribution in [0.4, 0.5) is 0 Å². The lowest BCUT2D eigenvalue weighted by Crippen LogP contribution is -2.52. The van der Waals surface area contributed by atoms with Gasteiger partial charge in [-0.05, 0) is 24.2 Å². The Morgan fingerprint density at radius 1 is 0.966 bits per heavy atom. The van der Waals surface area contributed by atoms with Gasteiger partial charge in [-0.2, -0.15) is 0 Å². The summed E-state index contributed by atoms with van der Waals surface area (Å²) in [4.78, 5) is 46.4. The van der Waals surface area contributed by atoms with Gasteiger partial charge in [-0.3, -0.25) is 9.59 Å². The number of H-pyrrole nitrogens is 1. The van der Waals surface area contributed by atoms with Crippen molar-refractivity contribution in [2.24, 2.45) is 0 Å². The van der Waals surface area contributed by atoms with Gasteiger partial charge in [0.05, 0.1) is 10.9 Å². The number of aromatic nitrogens is 2. The average Bonchev–Trinajstić information content (AvgIpc) is 2.77. The Balaban J connectivity index is 1.83. The Hall–Kier alpha value is -3.19. The Labute approximate surface area is 168 Å². The first-order valence-electron chi connectivity index (χ1n) is 9.90. The maximum Gasteiger partial charge on any atom is 0.329 e. The number of piperazine rings is 1. The molecule has 1 amide bonds. The predicted octanol–water partition coefficient (Wildman–Crippen LogP) is 1.44. The second-order valence-electron chi connectivity index (χ2n) is 7.22.